The fourth-order valence-electron chi connectivity index (χ4n) is 3.73. The second kappa shape index (κ2) is 8.02. The molecular weight excluding hydrogens is 377 g/mol. The van der Waals surface area contributed by atoms with Crippen molar-refractivity contribution in [2.45, 2.75) is 45.2 Å². The van der Waals surface area contributed by atoms with Crippen molar-refractivity contribution in [3.63, 3.8) is 0 Å². The molecule has 2 aliphatic rings. The molecule has 1 aliphatic heterocycles. The Balaban J connectivity index is 1.42. The number of aromatic nitrogens is 3. The Morgan fingerprint density at radius 3 is 2.69 bits per heavy atom. The molecule has 0 radical (unpaired) electrons. The number of amides is 2. The molecule has 1 aromatic heterocycles. The Bertz CT molecular complexity index is 1020. The molecule has 8 nitrogen and oxygen atoms in total. The van der Waals surface area contributed by atoms with Crippen molar-refractivity contribution in [2.24, 2.45) is 0 Å². The van der Waals surface area contributed by atoms with Crippen molar-refractivity contribution in [3.8, 4) is 0 Å². The van der Waals surface area contributed by atoms with Crippen molar-refractivity contribution in [1.82, 2.24) is 19.7 Å². The number of fused-ring (bicyclic) bond motifs is 1. The summed E-state index contributed by atoms with van der Waals surface area (Å²) in [6.45, 7) is 0.298. The molecule has 0 spiro atoms. The first-order chi connectivity index (χ1) is 14.0. The number of benzene rings is 1. The Hall–Kier alpha value is -3.23. The Morgan fingerprint density at radius 1 is 1.17 bits per heavy atom. The highest BCUT2D eigenvalue weighted by Gasteiger charge is 2.33. The summed E-state index contributed by atoms with van der Waals surface area (Å²) in [6, 6.07) is 4.97. The summed E-state index contributed by atoms with van der Waals surface area (Å²) in [6.07, 6.45) is 7.58. The molecule has 2 aromatic rings. The third-order valence-corrected chi connectivity index (χ3v) is 5.23. The number of hydrogen-bond donors (Lipinski definition) is 1. The molecule has 1 N–H and O–H groups in total. The number of carbonyl (C=O) groups excluding carboxylic acids is 2. The number of nitrogens with one attached hydrogen (secondary N) is 1. The van der Waals surface area contributed by atoms with Gasteiger partial charge in [-0.25, -0.2) is 18.7 Å². The van der Waals surface area contributed by atoms with Gasteiger partial charge in [-0.1, -0.05) is 11.6 Å². The van der Waals surface area contributed by atoms with Crippen LogP contribution in [0.25, 0.3) is 0 Å². The average molecular weight is 399 g/mol. The molecule has 29 heavy (non-hydrogen) atoms. The summed E-state index contributed by atoms with van der Waals surface area (Å²) in [5.74, 6) is -0.501. The predicted molar refractivity (Wildman–Crippen MR) is 104 cm³/mol. The van der Waals surface area contributed by atoms with Gasteiger partial charge in [0.25, 0.3) is 0 Å². The van der Waals surface area contributed by atoms with Crippen LogP contribution in [0.5, 0.6) is 0 Å². The third kappa shape index (κ3) is 3.98. The van der Waals surface area contributed by atoms with Crippen molar-refractivity contribution >= 4 is 17.6 Å². The normalized spacial score (nSPS) is 16.0. The fraction of sp³-hybridized carbons (Fsp3) is 0.400. The molecule has 9 heteroatoms. The number of hydrogen-bond acceptors (Lipinski definition) is 4. The van der Waals surface area contributed by atoms with Gasteiger partial charge in [0.1, 0.15) is 12.4 Å². The quantitative estimate of drug-likeness (QED) is 0.754. The smallest absolute Gasteiger partial charge is 0.354 e. The van der Waals surface area contributed by atoms with Gasteiger partial charge in [-0.2, -0.15) is 9.67 Å². The molecule has 1 aromatic carbocycles. The molecule has 4 rings (SSSR count). The van der Waals surface area contributed by atoms with Crippen LogP contribution in [0.1, 0.15) is 37.9 Å². The van der Waals surface area contributed by atoms with Crippen molar-refractivity contribution in [2.75, 3.05) is 11.4 Å². The first kappa shape index (κ1) is 19.1. The van der Waals surface area contributed by atoms with Crippen LogP contribution >= 0.6 is 0 Å². The zero-order chi connectivity index (χ0) is 20.4. The first-order valence-corrected chi connectivity index (χ1v) is 9.74. The van der Waals surface area contributed by atoms with E-state index in [1.165, 1.54) is 47.6 Å². The van der Waals surface area contributed by atoms with E-state index in [1.807, 2.05) is 0 Å². The predicted octanol–water partition coefficient (Wildman–Crippen LogP) is 2.18. The summed E-state index contributed by atoms with van der Waals surface area (Å²) < 4.78 is 15.3. The number of anilines is 1. The van der Waals surface area contributed by atoms with E-state index in [1.54, 1.807) is 0 Å². The first-order valence-electron chi connectivity index (χ1n) is 9.74. The molecule has 2 amide bonds. The molecule has 0 saturated heterocycles. The molecule has 2 heterocycles. The molecule has 0 fully saturated rings. The highest BCUT2D eigenvalue weighted by molar-refractivity contribution is 5.95. The van der Waals surface area contributed by atoms with Crippen molar-refractivity contribution in [1.29, 1.82) is 0 Å². The SMILES string of the molecule is O=C(Cn1c(=O)nc2n1C(=O)N(c1ccc(F)cc1)C2)NCCC1=CCCCC1. The maximum absolute atomic E-state index is 13.1. The van der Waals surface area contributed by atoms with Gasteiger partial charge < -0.3 is 5.32 Å². The van der Waals surface area contributed by atoms with Gasteiger partial charge in [-0.3, -0.25) is 9.69 Å². The van der Waals surface area contributed by atoms with Gasteiger partial charge in [0.05, 0.1) is 6.54 Å². The number of carbonyl (C=O) groups is 2. The second-order valence-electron chi connectivity index (χ2n) is 7.23. The molecule has 0 atom stereocenters. The number of allylic oxidation sites excluding steroid dienone is 1. The lowest BCUT2D eigenvalue weighted by atomic mass is 9.97. The van der Waals surface area contributed by atoms with Crippen LogP contribution in [0, 0.1) is 5.82 Å². The lowest BCUT2D eigenvalue weighted by molar-refractivity contribution is -0.121. The van der Waals surface area contributed by atoms with Crippen LogP contribution in [0.15, 0.2) is 40.7 Å². The molecule has 0 saturated carbocycles. The standard InChI is InChI=1S/C20H22FN5O3/c21-15-6-8-16(9-7-15)24-12-17-23-19(28)25(26(17)20(24)29)13-18(27)22-11-10-14-4-2-1-3-5-14/h4,6-9H,1-3,5,10-13H2,(H,22,27). The van der Waals surface area contributed by atoms with Gasteiger partial charge >= 0.3 is 11.7 Å². The van der Waals surface area contributed by atoms with E-state index in [4.69, 9.17) is 0 Å². The summed E-state index contributed by atoms with van der Waals surface area (Å²) >= 11 is 0. The minimum Gasteiger partial charge on any atom is -0.354 e. The number of rotatable bonds is 6. The average Bonchev–Trinajstić information content (AvgIpc) is 3.19. The van der Waals surface area contributed by atoms with Crippen LogP contribution < -0.4 is 15.9 Å². The monoisotopic (exact) mass is 399 g/mol. The molecule has 1 aliphatic carbocycles. The number of halogens is 1. The van der Waals surface area contributed by atoms with Gasteiger partial charge in [-0.15, -0.1) is 0 Å². The third-order valence-electron chi connectivity index (χ3n) is 5.23. The topological polar surface area (TPSA) is 89.2 Å². The van der Waals surface area contributed by atoms with Crippen LogP contribution in [-0.2, 0) is 17.9 Å². The van der Waals surface area contributed by atoms with Crippen LogP contribution in [-0.4, -0.2) is 32.8 Å². The summed E-state index contributed by atoms with van der Waals surface area (Å²) in [7, 11) is 0. The van der Waals surface area contributed by atoms with E-state index in [2.05, 4.69) is 16.4 Å². The van der Waals surface area contributed by atoms with E-state index in [0.29, 0.717) is 12.2 Å². The summed E-state index contributed by atoms with van der Waals surface area (Å²) in [5, 5.41) is 2.80. The minimum absolute atomic E-state index is 0.0858. The van der Waals surface area contributed by atoms with Gasteiger partial charge in [0, 0.05) is 12.2 Å². The van der Waals surface area contributed by atoms with E-state index >= 15 is 0 Å². The largest absolute Gasteiger partial charge is 0.365 e. The Morgan fingerprint density at radius 2 is 1.97 bits per heavy atom. The van der Waals surface area contributed by atoms with E-state index < -0.39 is 17.5 Å². The Kier molecular flexibility index (Phi) is 5.28. The van der Waals surface area contributed by atoms with E-state index in [-0.39, 0.29) is 24.8 Å². The second-order valence-corrected chi connectivity index (χ2v) is 7.23. The maximum Gasteiger partial charge on any atom is 0.365 e. The lowest BCUT2D eigenvalue weighted by Gasteiger charge is -2.16. The fourth-order valence-corrected chi connectivity index (χ4v) is 3.73. The lowest BCUT2D eigenvalue weighted by Crippen LogP contribution is -2.38. The summed E-state index contributed by atoms with van der Waals surface area (Å²) in [4.78, 5) is 42.5. The van der Waals surface area contributed by atoms with Crippen LogP contribution in [0.2, 0.25) is 0 Å². The van der Waals surface area contributed by atoms with Crippen LogP contribution in [0.3, 0.4) is 0 Å². The zero-order valence-corrected chi connectivity index (χ0v) is 15.9. The molecule has 152 valence electrons. The van der Waals surface area contributed by atoms with E-state index in [0.717, 1.165) is 28.6 Å². The van der Waals surface area contributed by atoms with Gasteiger partial charge in [0.15, 0.2) is 5.82 Å². The maximum atomic E-state index is 13.1. The molecule has 0 unspecified atom stereocenters. The van der Waals surface area contributed by atoms with Crippen molar-refractivity contribution in [3.05, 3.63) is 58.0 Å². The molecule has 0 bridgehead atoms. The molecular formula is C20H22FN5O3. The Labute approximate surface area is 166 Å². The minimum atomic E-state index is -0.641. The highest BCUT2D eigenvalue weighted by Crippen LogP contribution is 2.23. The van der Waals surface area contributed by atoms with Crippen molar-refractivity contribution < 1.29 is 14.0 Å². The zero-order valence-electron chi connectivity index (χ0n) is 15.9. The van der Waals surface area contributed by atoms with Gasteiger partial charge in [-0.05, 0) is 56.4 Å². The summed E-state index contributed by atoms with van der Waals surface area (Å²) in [5.41, 5.74) is 1.20. The van der Waals surface area contributed by atoms with Gasteiger partial charge in [0.2, 0.25) is 5.91 Å². The van der Waals surface area contributed by atoms with Crippen LogP contribution in [0.4, 0.5) is 14.9 Å². The number of nitrogens with zero attached hydrogens (tertiary/aromatic N) is 4. The highest BCUT2D eigenvalue weighted by atomic mass is 19.1. The van der Waals surface area contributed by atoms with E-state index in [9.17, 15) is 18.8 Å².